The van der Waals surface area contributed by atoms with Crippen molar-refractivity contribution in [2.24, 2.45) is 0 Å². The molecule has 0 aromatic heterocycles. The van der Waals surface area contributed by atoms with Crippen molar-refractivity contribution in [1.29, 1.82) is 0 Å². The van der Waals surface area contributed by atoms with Gasteiger partial charge in [0.05, 0.1) is 11.1 Å². The zero-order chi connectivity index (χ0) is 13.1. The Balaban J connectivity index is 2.40. The van der Waals surface area contributed by atoms with E-state index in [4.69, 9.17) is 4.74 Å². The van der Waals surface area contributed by atoms with Crippen molar-refractivity contribution in [3.63, 3.8) is 0 Å². The summed E-state index contributed by atoms with van der Waals surface area (Å²) >= 11 is 0. The lowest BCUT2D eigenvalue weighted by atomic mass is 10.0. The monoisotopic (exact) mass is 245 g/mol. The molecule has 0 spiro atoms. The number of nitrogens with one attached hydrogen (secondary N) is 1. The fraction of sp³-hybridized carbons (Fsp3) is 0.286. The Bertz CT molecular complexity index is 518. The highest BCUT2D eigenvalue weighted by atomic mass is 16.5. The zero-order valence-electron chi connectivity index (χ0n) is 10.4. The Morgan fingerprint density at radius 1 is 1.28 bits per heavy atom. The van der Waals surface area contributed by atoms with Gasteiger partial charge in [-0.25, -0.2) is 0 Å². The summed E-state index contributed by atoms with van der Waals surface area (Å²) in [6.45, 7) is 3.77. The van der Waals surface area contributed by atoms with Crippen LogP contribution >= 0.6 is 0 Å². The molecule has 0 atom stereocenters. The molecule has 1 aliphatic heterocycles. The molecular weight excluding hydrogens is 230 g/mol. The van der Waals surface area contributed by atoms with Gasteiger partial charge in [-0.3, -0.25) is 9.59 Å². The molecule has 0 fully saturated rings. The lowest BCUT2D eigenvalue weighted by Crippen LogP contribution is -2.22. The van der Waals surface area contributed by atoms with Crippen molar-refractivity contribution < 1.29 is 14.3 Å². The molecule has 1 N–H and O–H groups in total. The van der Waals surface area contributed by atoms with Gasteiger partial charge in [-0.05, 0) is 26.0 Å². The molecule has 0 amide bonds. The summed E-state index contributed by atoms with van der Waals surface area (Å²) in [5.41, 5.74) is 0.578. The number of ether oxygens (including phenoxy) is 1. The van der Waals surface area contributed by atoms with Crippen molar-refractivity contribution >= 4 is 11.6 Å². The van der Waals surface area contributed by atoms with E-state index in [9.17, 15) is 9.59 Å². The van der Waals surface area contributed by atoms with Crippen LogP contribution in [0.25, 0.3) is 0 Å². The van der Waals surface area contributed by atoms with Crippen LogP contribution in [0.4, 0.5) is 0 Å². The summed E-state index contributed by atoms with van der Waals surface area (Å²) in [6, 6.07) is 7.05. The van der Waals surface area contributed by atoms with Crippen LogP contribution in [0.1, 0.15) is 24.2 Å². The molecule has 0 radical (unpaired) electrons. The van der Waals surface area contributed by atoms with Gasteiger partial charge in [0.15, 0.2) is 6.61 Å². The fourth-order valence-corrected chi connectivity index (χ4v) is 1.67. The first kappa shape index (κ1) is 12.4. The van der Waals surface area contributed by atoms with Gasteiger partial charge in [-0.1, -0.05) is 12.1 Å². The van der Waals surface area contributed by atoms with Crippen LogP contribution in [-0.2, 0) is 4.79 Å². The minimum absolute atomic E-state index is 0.103. The Morgan fingerprint density at radius 3 is 2.72 bits per heavy atom. The largest absolute Gasteiger partial charge is 0.485 e. The third-order valence-electron chi connectivity index (χ3n) is 2.60. The van der Waals surface area contributed by atoms with Gasteiger partial charge < -0.3 is 10.1 Å². The van der Waals surface area contributed by atoms with Crippen LogP contribution in [-0.4, -0.2) is 24.2 Å². The number of hydrogen-bond acceptors (Lipinski definition) is 4. The maximum Gasteiger partial charge on any atom is 0.205 e. The van der Waals surface area contributed by atoms with Gasteiger partial charge in [0.25, 0.3) is 0 Å². The van der Waals surface area contributed by atoms with Crippen LogP contribution in [0.3, 0.4) is 0 Å². The summed E-state index contributed by atoms with van der Waals surface area (Å²) in [5.74, 6) is -0.130. The van der Waals surface area contributed by atoms with E-state index in [1.807, 2.05) is 13.8 Å². The lowest BCUT2D eigenvalue weighted by Gasteiger charge is -2.06. The van der Waals surface area contributed by atoms with Gasteiger partial charge >= 0.3 is 0 Å². The van der Waals surface area contributed by atoms with Crippen molar-refractivity contribution in [3.8, 4) is 5.75 Å². The predicted molar refractivity (Wildman–Crippen MR) is 67.6 cm³/mol. The van der Waals surface area contributed by atoms with Gasteiger partial charge in [0.2, 0.25) is 11.6 Å². The second kappa shape index (κ2) is 5.04. The highest BCUT2D eigenvalue weighted by Gasteiger charge is 2.26. The summed E-state index contributed by atoms with van der Waals surface area (Å²) < 4.78 is 5.33. The number of hydrogen-bond donors (Lipinski definition) is 1. The van der Waals surface area contributed by atoms with E-state index in [2.05, 4.69) is 5.32 Å². The molecule has 1 aliphatic rings. The molecule has 0 unspecified atom stereocenters. The van der Waals surface area contributed by atoms with Crippen LogP contribution in [0.15, 0.2) is 36.0 Å². The molecule has 4 nitrogen and oxygen atoms in total. The number of benzene rings is 1. The van der Waals surface area contributed by atoms with Crippen LogP contribution in [0.5, 0.6) is 5.75 Å². The zero-order valence-corrected chi connectivity index (χ0v) is 10.4. The fourth-order valence-electron chi connectivity index (χ4n) is 1.67. The summed E-state index contributed by atoms with van der Waals surface area (Å²) in [5, 5.41) is 2.98. The van der Waals surface area contributed by atoms with Gasteiger partial charge in [-0.2, -0.15) is 0 Å². The molecular formula is C14H15NO3. The maximum atomic E-state index is 12.3. The number of rotatable bonds is 2. The number of carbonyl (C=O) groups is 2. The average molecular weight is 245 g/mol. The van der Waals surface area contributed by atoms with Gasteiger partial charge in [0, 0.05) is 12.2 Å². The number of fused-ring (bicyclic) bond motifs is 1. The van der Waals surface area contributed by atoms with E-state index < -0.39 is 0 Å². The highest BCUT2D eigenvalue weighted by Crippen LogP contribution is 2.24. The summed E-state index contributed by atoms with van der Waals surface area (Å²) in [4.78, 5) is 24.1. The van der Waals surface area contributed by atoms with E-state index in [1.165, 1.54) is 6.20 Å². The number of carbonyl (C=O) groups excluding carboxylic acids is 2. The number of ketones is 2. The van der Waals surface area contributed by atoms with Crippen molar-refractivity contribution in [1.82, 2.24) is 5.32 Å². The molecule has 0 aliphatic carbocycles. The topological polar surface area (TPSA) is 55.4 Å². The number of para-hydroxylation sites is 1. The van der Waals surface area contributed by atoms with Crippen LogP contribution < -0.4 is 10.1 Å². The van der Waals surface area contributed by atoms with Crippen molar-refractivity contribution in [3.05, 3.63) is 41.6 Å². The van der Waals surface area contributed by atoms with Crippen molar-refractivity contribution in [2.75, 3.05) is 6.61 Å². The van der Waals surface area contributed by atoms with Gasteiger partial charge in [0.1, 0.15) is 5.75 Å². The minimum Gasteiger partial charge on any atom is -0.485 e. The average Bonchev–Trinajstić information content (AvgIpc) is 2.46. The summed E-state index contributed by atoms with van der Waals surface area (Å²) in [6.07, 6.45) is 1.49. The third-order valence-corrected chi connectivity index (χ3v) is 2.60. The molecule has 1 aromatic rings. The lowest BCUT2D eigenvalue weighted by molar-refractivity contribution is -0.117. The van der Waals surface area contributed by atoms with E-state index in [0.717, 1.165) is 0 Å². The van der Waals surface area contributed by atoms with E-state index >= 15 is 0 Å². The molecule has 0 saturated heterocycles. The standard InChI is InChI=1S/C14H15NO3/c1-9(2)15-7-11-12(16)8-18-13-6-4-3-5-10(13)14(11)17/h3-7,9,15H,8H2,1-2H3/b11-7+. The molecule has 1 heterocycles. The molecule has 2 rings (SSSR count). The second-order valence-corrected chi connectivity index (χ2v) is 4.42. The smallest absolute Gasteiger partial charge is 0.205 e. The highest BCUT2D eigenvalue weighted by molar-refractivity contribution is 6.28. The van der Waals surface area contributed by atoms with Crippen LogP contribution in [0.2, 0.25) is 0 Å². The molecule has 1 aromatic carbocycles. The quantitative estimate of drug-likeness (QED) is 0.636. The SMILES string of the molecule is CC(C)N/C=C1\C(=O)COc2ccccc2C1=O. The second-order valence-electron chi connectivity index (χ2n) is 4.42. The summed E-state index contributed by atoms with van der Waals surface area (Å²) in [7, 11) is 0. The molecule has 4 heteroatoms. The molecule has 0 saturated carbocycles. The molecule has 18 heavy (non-hydrogen) atoms. The van der Waals surface area contributed by atoms with E-state index in [0.29, 0.717) is 11.3 Å². The van der Waals surface area contributed by atoms with Gasteiger partial charge in [-0.15, -0.1) is 0 Å². The Labute approximate surface area is 106 Å². The first-order valence-electron chi connectivity index (χ1n) is 5.85. The Hall–Kier alpha value is -2.10. The minimum atomic E-state index is -0.302. The predicted octanol–water partition coefficient (Wildman–Crippen LogP) is 1.71. The first-order chi connectivity index (χ1) is 8.59. The van der Waals surface area contributed by atoms with Crippen LogP contribution in [0, 0.1) is 0 Å². The Morgan fingerprint density at radius 2 is 2.00 bits per heavy atom. The molecule has 94 valence electrons. The number of Topliss-reactive ketones (excluding diaryl/α,β-unsaturated/α-hetero) is 2. The van der Waals surface area contributed by atoms with Crippen molar-refractivity contribution in [2.45, 2.75) is 19.9 Å². The van der Waals surface area contributed by atoms with E-state index in [-0.39, 0.29) is 29.8 Å². The maximum absolute atomic E-state index is 12.3. The first-order valence-corrected chi connectivity index (χ1v) is 5.85. The molecule has 0 bridgehead atoms. The normalized spacial score (nSPS) is 17.4. The third kappa shape index (κ3) is 2.42. The van der Waals surface area contributed by atoms with E-state index in [1.54, 1.807) is 24.3 Å². The Kier molecular flexibility index (Phi) is 3.46.